The van der Waals surface area contributed by atoms with Gasteiger partial charge in [-0.3, -0.25) is 9.59 Å². The topological polar surface area (TPSA) is 70.8 Å². The average molecular weight is 321 g/mol. The second-order valence-electron chi connectivity index (χ2n) is 5.99. The fraction of sp³-hybridized carbons (Fsp3) is 0.158. The number of hydrogen-bond donors (Lipinski definition) is 1. The summed E-state index contributed by atoms with van der Waals surface area (Å²) >= 11 is 0. The van der Waals surface area contributed by atoms with Crippen molar-refractivity contribution < 1.29 is 19.1 Å². The maximum atomic E-state index is 12.6. The number of hydrogen-bond acceptors (Lipinski definition) is 4. The minimum atomic E-state index is -1.86. The van der Waals surface area contributed by atoms with Gasteiger partial charge in [-0.1, -0.05) is 36.4 Å². The van der Waals surface area contributed by atoms with E-state index < -0.39 is 17.3 Å². The normalized spacial score (nSPS) is 19.8. The van der Waals surface area contributed by atoms with Gasteiger partial charge in [0.1, 0.15) is 5.58 Å². The molecule has 2 aromatic carbocycles. The van der Waals surface area contributed by atoms with E-state index in [4.69, 9.17) is 4.42 Å². The number of nitrogens with zero attached hydrogens (tertiary/aromatic N) is 1. The van der Waals surface area contributed by atoms with Crippen molar-refractivity contribution in [3.05, 3.63) is 65.9 Å². The van der Waals surface area contributed by atoms with Gasteiger partial charge in [0.05, 0.1) is 12.1 Å². The number of aliphatic hydroxyl groups is 1. The van der Waals surface area contributed by atoms with Gasteiger partial charge in [0.15, 0.2) is 11.4 Å². The SMILES string of the molecule is CN1C(=O)C(O)(CC(=O)c2cc3ccccc3o2)c2ccccc21. The summed E-state index contributed by atoms with van der Waals surface area (Å²) < 4.78 is 5.55. The molecule has 0 bridgehead atoms. The van der Waals surface area contributed by atoms with Crippen LogP contribution in [0.3, 0.4) is 0 Å². The largest absolute Gasteiger partial charge is 0.453 e. The van der Waals surface area contributed by atoms with Crippen molar-refractivity contribution in [2.45, 2.75) is 12.0 Å². The Labute approximate surface area is 138 Å². The highest BCUT2D eigenvalue weighted by Crippen LogP contribution is 2.42. The first-order chi connectivity index (χ1) is 11.5. The van der Waals surface area contributed by atoms with Crippen molar-refractivity contribution >= 4 is 28.3 Å². The quantitative estimate of drug-likeness (QED) is 0.753. The van der Waals surface area contributed by atoms with E-state index in [1.165, 1.54) is 4.90 Å². The molecule has 120 valence electrons. The Morgan fingerprint density at radius 1 is 1.17 bits per heavy atom. The van der Waals surface area contributed by atoms with Crippen LogP contribution in [-0.4, -0.2) is 23.8 Å². The molecule has 1 N–H and O–H groups in total. The van der Waals surface area contributed by atoms with E-state index in [9.17, 15) is 14.7 Å². The molecule has 0 aliphatic carbocycles. The number of anilines is 1. The first-order valence-electron chi connectivity index (χ1n) is 7.62. The van der Waals surface area contributed by atoms with E-state index in [-0.39, 0.29) is 12.2 Å². The highest BCUT2D eigenvalue weighted by Gasteiger charge is 2.49. The average Bonchev–Trinajstić information content (AvgIpc) is 3.11. The van der Waals surface area contributed by atoms with Crippen LogP contribution < -0.4 is 4.90 Å². The van der Waals surface area contributed by atoms with Crippen LogP contribution in [0.15, 0.2) is 59.0 Å². The third kappa shape index (κ3) is 1.98. The van der Waals surface area contributed by atoms with Crippen LogP contribution >= 0.6 is 0 Å². The van der Waals surface area contributed by atoms with Crippen molar-refractivity contribution in [2.75, 3.05) is 11.9 Å². The molecule has 4 rings (SSSR count). The first kappa shape index (κ1) is 14.7. The number of rotatable bonds is 3. The minimum absolute atomic E-state index is 0.143. The Balaban J connectivity index is 1.71. The van der Waals surface area contributed by atoms with E-state index in [0.717, 1.165) is 5.39 Å². The number of ketones is 1. The molecule has 5 heteroatoms. The van der Waals surface area contributed by atoms with Gasteiger partial charge in [0.2, 0.25) is 5.78 Å². The van der Waals surface area contributed by atoms with Gasteiger partial charge in [-0.2, -0.15) is 0 Å². The molecular weight excluding hydrogens is 306 g/mol. The third-order valence-electron chi connectivity index (χ3n) is 4.49. The zero-order valence-corrected chi connectivity index (χ0v) is 13.0. The van der Waals surface area contributed by atoms with Gasteiger partial charge < -0.3 is 14.4 Å². The molecule has 1 unspecified atom stereocenters. The lowest BCUT2D eigenvalue weighted by Crippen LogP contribution is -2.40. The van der Waals surface area contributed by atoms with Crippen LogP contribution in [0.4, 0.5) is 5.69 Å². The summed E-state index contributed by atoms with van der Waals surface area (Å²) in [6.45, 7) is 0. The number of benzene rings is 2. The fourth-order valence-corrected chi connectivity index (χ4v) is 3.23. The Bertz CT molecular complexity index is 941. The Morgan fingerprint density at radius 3 is 2.67 bits per heavy atom. The van der Waals surface area contributed by atoms with Gasteiger partial charge in [0, 0.05) is 18.0 Å². The lowest BCUT2D eigenvalue weighted by Gasteiger charge is -2.20. The monoisotopic (exact) mass is 321 g/mol. The van der Waals surface area contributed by atoms with Crippen LogP contribution in [0.1, 0.15) is 22.5 Å². The van der Waals surface area contributed by atoms with E-state index in [0.29, 0.717) is 16.8 Å². The van der Waals surface area contributed by atoms with Crippen molar-refractivity contribution in [3.8, 4) is 0 Å². The van der Waals surface area contributed by atoms with Gasteiger partial charge in [-0.05, 0) is 18.2 Å². The number of Topliss-reactive ketones (excluding diaryl/α,β-unsaturated/α-hetero) is 1. The van der Waals surface area contributed by atoms with Crippen molar-refractivity contribution in [1.82, 2.24) is 0 Å². The summed E-state index contributed by atoms with van der Waals surface area (Å²) in [6, 6.07) is 15.9. The summed E-state index contributed by atoms with van der Waals surface area (Å²) in [5.41, 5.74) is -0.200. The minimum Gasteiger partial charge on any atom is -0.453 e. The van der Waals surface area contributed by atoms with E-state index in [2.05, 4.69) is 0 Å². The molecule has 3 aromatic rings. The molecule has 0 spiro atoms. The lowest BCUT2D eigenvalue weighted by molar-refractivity contribution is -0.135. The van der Waals surface area contributed by atoms with Crippen molar-refractivity contribution in [1.29, 1.82) is 0 Å². The van der Waals surface area contributed by atoms with E-state index in [1.807, 2.05) is 18.2 Å². The number of carbonyl (C=O) groups is 2. The number of furan rings is 1. The van der Waals surface area contributed by atoms with Crippen LogP contribution in [0.5, 0.6) is 0 Å². The third-order valence-corrected chi connectivity index (χ3v) is 4.49. The zero-order chi connectivity index (χ0) is 16.9. The fourth-order valence-electron chi connectivity index (χ4n) is 3.23. The van der Waals surface area contributed by atoms with Gasteiger partial charge in [-0.25, -0.2) is 0 Å². The molecule has 24 heavy (non-hydrogen) atoms. The zero-order valence-electron chi connectivity index (χ0n) is 13.0. The molecule has 0 fully saturated rings. The van der Waals surface area contributed by atoms with Gasteiger partial charge >= 0.3 is 0 Å². The van der Waals surface area contributed by atoms with Gasteiger partial charge in [0.25, 0.3) is 5.91 Å². The predicted molar refractivity (Wildman–Crippen MR) is 88.9 cm³/mol. The molecule has 5 nitrogen and oxygen atoms in total. The van der Waals surface area contributed by atoms with E-state index >= 15 is 0 Å². The highest BCUT2D eigenvalue weighted by atomic mass is 16.3. The summed E-state index contributed by atoms with van der Waals surface area (Å²) in [4.78, 5) is 26.5. The Hall–Kier alpha value is -2.92. The molecule has 1 atom stereocenters. The summed E-state index contributed by atoms with van der Waals surface area (Å²) in [5, 5.41) is 11.7. The van der Waals surface area contributed by atoms with Gasteiger partial charge in [-0.15, -0.1) is 0 Å². The number of amides is 1. The molecule has 2 heterocycles. The standard InChI is InChI=1S/C19H15NO4/c1-20-14-8-4-3-7-13(14)19(23,18(20)22)11-15(21)17-10-12-6-2-5-9-16(12)24-17/h2-10,23H,11H2,1H3. The molecule has 1 aromatic heterocycles. The molecule has 0 saturated heterocycles. The van der Waals surface area contributed by atoms with E-state index in [1.54, 1.807) is 43.4 Å². The van der Waals surface area contributed by atoms with Crippen LogP contribution in [-0.2, 0) is 10.4 Å². The second kappa shape index (κ2) is 5.04. The molecular formula is C19H15NO4. The Morgan fingerprint density at radius 2 is 1.88 bits per heavy atom. The Kier molecular flexibility index (Phi) is 3.08. The molecule has 1 aliphatic heterocycles. The van der Waals surface area contributed by atoms with Crippen LogP contribution in [0.25, 0.3) is 11.0 Å². The molecule has 0 saturated carbocycles. The van der Waals surface area contributed by atoms with Crippen LogP contribution in [0.2, 0.25) is 0 Å². The summed E-state index contributed by atoms with van der Waals surface area (Å²) in [7, 11) is 1.59. The second-order valence-corrected chi connectivity index (χ2v) is 5.99. The maximum absolute atomic E-state index is 12.6. The smallest absolute Gasteiger partial charge is 0.263 e. The van der Waals surface area contributed by atoms with Crippen LogP contribution in [0, 0.1) is 0 Å². The summed E-state index contributed by atoms with van der Waals surface area (Å²) in [5.74, 6) is -0.773. The molecule has 1 aliphatic rings. The predicted octanol–water partition coefficient (Wildman–Crippen LogP) is 2.87. The number of carbonyl (C=O) groups excluding carboxylic acids is 2. The number of fused-ring (bicyclic) bond motifs is 2. The molecule has 0 radical (unpaired) electrons. The maximum Gasteiger partial charge on any atom is 0.263 e. The summed E-state index contributed by atoms with van der Waals surface area (Å²) in [6.07, 6.45) is -0.354. The molecule has 1 amide bonds. The first-order valence-corrected chi connectivity index (χ1v) is 7.62. The number of para-hydroxylation sites is 2. The lowest BCUT2D eigenvalue weighted by atomic mass is 9.89. The highest BCUT2D eigenvalue weighted by molar-refractivity contribution is 6.10. The van der Waals surface area contributed by atoms with Crippen molar-refractivity contribution in [3.63, 3.8) is 0 Å². The number of likely N-dealkylation sites (N-methyl/N-ethyl adjacent to an activating group) is 1. The van der Waals surface area contributed by atoms with Crippen molar-refractivity contribution in [2.24, 2.45) is 0 Å².